The molecule has 0 radical (unpaired) electrons. The van der Waals surface area contributed by atoms with E-state index in [1.165, 1.54) is 23.5 Å². The van der Waals surface area contributed by atoms with Gasteiger partial charge in [0.05, 0.1) is 0 Å². The van der Waals surface area contributed by atoms with Gasteiger partial charge >= 0.3 is 0 Å². The molecule has 1 fully saturated rings. The zero-order chi connectivity index (χ0) is 14.5. The Bertz CT molecular complexity index is 524. The number of carbonyl (C=O) groups excluding carboxylic acids is 1. The van der Waals surface area contributed by atoms with Crippen LogP contribution in [0.1, 0.15) is 30.3 Å². The van der Waals surface area contributed by atoms with E-state index in [9.17, 15) is 9.59 Å². The Morgan fingerprint density at radius 2 is 2.25 bits per heavy atom. The quantitative estimate of drug-likeness (QED) is 0.887. The zero-order valence-corrected chi connectivity index (χ0v) is 12.3. The molecular weight excluding hydrogens is 254 g/mol. The van der Waals surface area contributed by atoms with E-state index in [1.807, 2.05) is 0 Å². The van der Waals surface area contributed by atoms with E-state index >= 15 is 0 Å². The van der Waals surface area contributed by atoms with Gasteiger partial charge in [-0.1, -0.05) is 13.0 Å². The second-order valence-electron chi connectivity index (χ2n) is 5.61. The Balaban J connectivity index is 1.83. The Morgan fingerprint density at radius 3 is 3.00 bits per heavy atom. The third-order valence-corrected chi connectivity index (χ3v) is 3.87. The van der Waals surface area contributed by atoms with Gasteiger partial charge in [-0.2, -0.15) is 0 Å². The van der Waals surface area contributed by atoms with Gasteiger partial charge in [0.1, 0.15) is 5.69 Å². The minimum absolute atomic E-state index is 0.164. The van der Waals surface area contributed by atoms with Gasteiger partial charge in [0.25, 0.3) is 11.5 Å². The molecule has 1 aliphatic heterocycles. The number of pyridine rings is 1. The van der Waals surface area contributed by atoms with E-state index in [0.717, 1.165) is 25.6 Å². The normalized spacial score (nSPS) is 19.8. The largest absolute Gasteiger partial charge is 0.349 e. The minimum Gasteiger partial charge on any atom is -0.349 e. The number of likely N-dealkylation sites (tertiary alicyclic amines) is 1. The first-order valence-electron chi connectivity index (χ1n) is 7.24. The number of hydrogen-bond donors (Lipinski definition) is 1. The van der Waals surface area contributed by atoms with Gasteiger partial charge in [-0.25, -0.2) is 0 Å². The molecule has 2 rings (SSSR count). The number of amides is 1. The van der Waals surface area contributed by atoms with Crippen molar-refractivity contribution in [3.8, 4) is 0 Å². The van der Waals surface area contributed by atoms with Crippen molar-refractivity contribution in [3.63, 3.8) is 0 Å². The van der Waals surface area contributed by atoms with E-state index in [0.29, 0.717) is 12.2 Å². The summed E-state index contributed by atoms with van der Waals surface area (Å²) in [6.07, 6.45) is 2.54. The molecule has 1 aromatic heterocycles. The maximum absolute atomic E-state index is 12.0. The summed E-state index contributed by atoms with van der Waals surface area (Å²) in [6, 6.07) is 4.73. The van der Waals surface area contributed by atoms with Crippen molar-refractivity contribution < 1.29 is 4.79 Å². The van der Waals surface area contributed by atoms with Crippen LogP contribution in [-0.4, -0.2) is 41.6 Å². The summed E-state index contributed by atoms with van der Waals surface area (Å²) in [6.45, 7) is 5.99. The van der Waals surface area contributed by atoms with Crippen LogP contribution in [0.15, 0.2) is 23.0 Å². The van der Waals surface area contributed by atoms with Gasteiger partial charge in [0.15, 0.2) is 0 Å². The third-order valence-electron chi connectivity index (χ3n) is 3.87. The molecule has 110 valence electrons. The predicted octanol–water partition coefficient (Wildman–Crippen LogP) is 0.847. The smallest absolute Gasteiger partial charge is 0.268 e. The lowest BCUT2D eigenvalue weighted by Crippen LogP contribution is -2.40. The SMILES string of the molecule is C[C@@H]1CCCN(CCNC(=O)c2cccc(=O)n2C)C1. The third kappa shape index (κ3) is 3.70. The van der Waals surface area contributed by atoms with Crippen LogP contribution in [0.3, 0.4) is 0 Å². The van der Waals surface area contributed by atoms with Crippen LogP contribution in [0, 0.1) is 5.92 Å². The molecule has 2 heterocycles. The van der Waals surface area contributed by atoms with Crippen molar-refractivity contribution in [1.82, 2.24) is 14.8 Å². The van der Waals surface area contributed by atoms with Crippen LogP contribution in [0.2, 0.25) is 0 Å². The van der Waals surface area contributed by atoms with Gasteiger partial charge < -0.3 is 14.8 Å². The Labute approximate surface area is 119 Å². The van der Waals surface area contributed by atoms with Crippen LogP contribution >= 0.6 is 0 Å². The van der Waals surface area contributed by atoms with Crippen molar-refractivity contribution >= 4 is 5.91 Å². The molecule has 0 aliphatic carbocycles. The van der Waals surface area contributed by atoms with Crippen molar-refractivity contribution in [2.45, 2.75) is 19.8 Å². The lowest BCUT2D eigenvalue weighted by atomic mass is 10.0. The van der Waals surface area contributed by atoms with Gasteiger partial charge in [0, 0.05) is 32.7 Å². The molecule has 20 heavy (non-hydrogen) atoms. The average Bonchev–Trinajstić information content (AvgIpc) is 2.42. The molecule has 5 nitrogen and oxygen atoms in total. The summed E-state index contributed by atoms with van der Waals surface area (Å²) in [4.78, 5) is 25.9. The summed E-state index contributed by atoms with van der Waals surface area (Å²) in [5.41, 5.74) is 0.243. The van der Waals surface area contributed by atoms with Gasteiger partial charge in [0.2, 0.25) is 0 Å². The number of aromatic nitrogens is 1. The number of nitrogens with one attached hydrogen (secondary N) is 1. The van der Waals surface area contributed by atoms with E-state index < -0.39 is 0 Å². The van der Waals surface area contributed by atoms with Crippen LogP contribution in [0.4, 0.5) is 0 Å². The molecule has 1 N–H and O–H groups in total. The highest BCUT2D eigenvalue weighted by Gasteiger charge is 2.16. The molecule has 0 unspecified atom stereocenters. The van der Waals surface area contributed by atoms with Gasteiger partial charge in [-0.15, -0.1) is 0 Å². The maximum atomic E-state index is 12.0. The van der Waals surface area contributed by atoms with Crippen LogP contribution in [-0.2, 0) is 7.05 Å². The first kappa shape index (κ1) is 14.8. The number of nitrogens with zero attached hydrogens (tertiary/aromatic N) is 2. The summed E-state index contributed by atoms with van der Waals surface area (Å²) < 4.78 is 1.37. The Kier molecular flexibility index (Phi) is 4.95. The first-order chi connectivity index (χ1) is 9.58. The summed E-state index contributed by atoms with van der Waals surface area (Å²) in [7, 11) is 1.61. The van der Waals surface area contributed by atoms with Gasteiger partial charge in [-0.05, 0) is 31.4 Å². The van der Waals surface area contributed by atoms with E-state index in [1.54, 1.807) is 19.2 Å². The van der Waals surface area contributed by atoms with Crippen LogP contribution < -0.4 is 10.9 Å². The second-order valence-corrected chi connectivity index (χ2v) is 5.61. The molecule has 1 atom stereocenters. The molecule has 1 aliphatic rings. The molecule has 1 aromatic rings. The molecule has 1 saturated heterocycles. The molecular formula is C15H23N3O2. The number of rotatable bonds is 4. The maximum Gasteiger partial charge on any atom is 0.268 e. The molecule has 0 bridgehead atoms. The standard InChI is InChI=1S/C15H23N3O2/c1-12-5-4-9-18(11-12)10-8-16-15(20)13-6-3-7-14(19)17(13)2/h3,6-7,12H,4-5,8-11H2,1-2H3,(H,16,20)/t12-/m1/s1. The monoisotopic (exact) mass is 277 g/mol. The first-order valence-corrected chi connectivity index (χ1v) is 7.24. The fraction of sp³-hybridized carbons (Fsp3) is 0.600. The summed E-state index contributed by atoms with van der Waals surface area (Å²) >= 11 is 0. The lowest BCUT2D eigenvalue weighted by Gasteiger charge is -2.30. The van der Waals surface area contributed by atoms with E-state index in [4.69, 9.17) is 0 Å². The zero-order valence-electron chi connectivity index (χ0n) is 12.3. The molecule has 5 heteroatoms. The van der Waals surface area contributed by atoms with Crippen molar-refractivity contribution in [3.05, 3.63) is 34.2 Å². The highest BCUT2D eigenvalue weighted by molar-refractivity contribution is 5.92. The van der Waals surface area contributed by atoms with E-state index in [-0.39, 0.29) is 11.5 Å². The van der Waals surface area contributed by atoms with Crippen molar-refractivity contribution in [1.29, 1.82) is 0 Å². The highest BCUT2D eigenvalue weighted by Crippen LogP contribution is 2.14. The van der Waals surface area contributed by atoms with Crippen LogP contribution in [0.5, 0.6) is 0 Å². The lowest BCUT2D eigenvalue weighted by molar-refractivity contribution is 0.0934. The summed E-state index contributed by atoms with van der Waals surface area (Å²) in [5.74, 6) is 0.560. The van der Waals surface area contributed by atoms with E-state index in [2.05, 4.69) is 17.1 Å². The number of hydrogen-bond acceptors (Lipinski definition) is 3. The molecule has 0 aromatic carbocycles. The number of piperidine rings is 1. The molecule has 1 amide bonds. The second kappa shape index (κ2) is 6.70. The summed E-state index contributed by atoms with van der Waals surface area (Å²) in [5, 5.41) is 2.89. The Morgan fingerprint density at radius 1 is 1.45 bits per heavy atom. The van der Waals surface area contributed by atoms with Crippen molar-refractivity contribution in [2.24, 2.45) is 13.0 Å². The Hall–Kier alpha value is -1.62. The van der Waals surface area contributed by atoms with Crippen LogP contribution in [0.25, 0.3) is 0 Å². The number of carbonyl (C=O) groups is 1. The fourth-order valence-corrected chi connectivity index (χ4v) is 2.70. The van der Waals surface area contributed by atoms with Gasteiger partial charge in [-0.3, -0.25) is 9.59 Å². The van der Waals surface area contributed by atoms with Crippen molar-refractivity contribution in [2.75, 3.05) is 26.2 Å². The molecule has 0 spiro atoms. The predicted molar refractivity (Wildman–Crippen MR) is 78.9 cm³/mol. The highest BCUT2D eigenvalue weighted by atomic mass is 16.2. The average molecular weight is 277 g/mol. The topological polar surface area (TPSA) is 54.3 Å². The minimum atomic E-state index is -0.185. The fourth-order valence-electron chi connectivity index (χ4n) is 2.70. The molecule has 0 saturated carbocycles.